The molecule has 0 aliphatic carbocycles. The lowest BCUT2D eigenvalue weighted by Gasteiger charge is -2.19. The van der Waals surface area contributed by atoms with Crippen molar-refractivity contribution in [3.63, 3.8) is 0 Å². The molecule has 0 radical (unpaired) electrons. The van der Waals surface area contributed by atoms with Crippen LogP contribution in [0.2, 0.25) is 5.02 Å². The molecule has 0 saturated carbocycles. The maximum atomic E-state index is 12.8. The van der Waals surface area contributed by atoms with Crippen LogP contribution in [-0.4, -0.2) is 7.05 Å². The van der Waals surface area contributed by atoms with Crippen LogP contribution in [0.15, 0.2) is 42.5 Å². The molecular formula is C14H10ClFN2. The molecule has 2 aromatic rings. The number of rotatable bonds is 2. The van der Waals surface area contributed by atoms with Gasteiger partial charge in [0.15, 0.2) is 0 Å². The van der Waals surface area contributed by atoms with Gasteiger partial charge in [-0.15, -0.1) is 0 Å². The highest BCUT2D eigenvalue weighted by molar-refractivity contribution is 6.32. The van der Waals surface area contributed by atoms with Gasteiger partial charge in [-0.05, 0) is 42.5 Å². The lowest BCUT2D eigenvalue weighted by atomic mass is 10.2. The summed E-state index contributed by atoms with van der Waals surface area (Å²) in [5.74, 6) is -0.273. The Hall–Kier alpha value is -2.05. The van der Waals surface area contributed by atoms with Crippen LogP contribution in [0.3, 0.4) is 0 Å². The molecule has 0 N–H and O–H groups in total. The summed E-state index contributed by atoms with van der Waals surface area (Å²) in [6.45, 7) is 0. The number of hydrogen-bond acceptors (Lipinski definition) is 2. The van der Waals surface area contributed by atoms with Gasteiger partial charge in [0.2, 0.25) is 0 Å². The van der Waals surface area contributed by atoms with Crippen molar-refractivity contribution in [1.29, 1.82) is 5.26 Å². The molecule has 0 amide bonds. The number of nitriles is 1. The van der Waals surface area contributed by atoms with Crippen LogP contribution >= 0.6 is 11.6 Å². The third-order valence-corrected chi connectivity index (χ3v) is 2.99. The smallest absolute Gasteiger partial charge is 0.123 e. The molecule has 0 bridgehead atoms. The van der Waals surface area contributed by atoms with E-state index in [4.69, 9.17) is 16.9 Å². The Labute approximate surface area is 110 Å². The van der Waals surface area contributed by atoms with Crippen molar-refractivity contribution >= 4 is 23.0 Å². The van der Waals surface area contributed by atoms with Crippen molar-refractivity contribution in [3.05, 3.63) is 58.9 Å². The summed E-state index contributed by atoms with van der Waals surface area (Å²) in [6, 6.07) is 13.3. The van der Waals surface area contributed by atoms with E-state index in [1.54, 1.807) is 30.3 Å². The highest BCUT2D eigenvalue weighted by Gasteiger charge is 2.07. The zero-order chi connectivity index (χ0) is 13.1. The van der Waals surface area contributed by atoms with Crippen molar-refractivity contribution in [2.75, 3.05) is 11.9 Å². The zero-order valence-corrected chi connectivity index (χ0v) is 10.4. The Kier molecular flexibility index (Phi) is 3.50. The molecule has 18 heavy (non-hydrogen) atoms. The summed E-state index contributed by atoms with van der Waals surface area (Å²) in [5.41, 5.74) is 2.12. The molecule has 0 fully saturated rings. The molecule has 0 spiro atoms. The second kappa shape index (κ2) is 5.07. The molecule has 4 heteroatoms. The van der Waals surface area contributed by atoms with Crippen molar-refractivity contribution < 1.29 is 4.39 Å². The van der Waals surface area contributed by atoms with Crippen LogP contribution in [0.4, 0.5) is 15.8 Å². The second-order valence-corrected chi connectivity index (χ2v) is 4.22. The van der Waals surface area contributed by atoms with Gasteiger partial charge in [-0.1, -0.05) is 11.6 Å². The van der Waals surface area contributed by atoms with Gasteiger partial charge >= 0.3 is 0 Å². The Morgan fingerprint density at radius 2 is 1.72 bits per heavy atom. The third-order valence-electron chi connectivity index (χ3n) is 2.67. The molecule has 0 atom stereocenters. The SMILES string of the molecule is CN(c1ccc(F)cc1)c1ccc(C#N)c(Cl)c1. The third kappa shape index (κ3) is 2.44. The minimum absolute atomic E-state index is 0.273. The van der Waals surface area contributed by atoms with Crippen molar-refractivity contribution in [3.8, 4) is 6.07 Å². The van der Waals surface area contributed by atoms with E-state index >= 15 is 0 Å². The summed E-state index contributed by atoms with van der Waals surface area (Å²) < 4.78 is 12.8. The summed E-state index contributed by atoms with van der Waals surface area (Å²) >= 11 is 5.98. The topological polar surface area (TPSA) is 27.0 Å². The van der Waals surface area contributed by atoms with Crippen LogP contribution in [0.25, 0.3) is 0 Å². The predicted octanol–water partition coefficient (Wildman–Crippen LogP) is 4.12. The first-order valence-electron chi connectivity index (χ1n) is 5.31. The Morgan fingerprint density at radius 3 is 2.28 bits per heavy atom. The average Bonchev–Trinajstić information content (AvgIpc) is 2.38. The Morgan fingerprint density at radius 1 is 1.11 bits per heavy atom. The molecule has 0 aliphatic heterocycles. The van der Waals surface area contributed by atoms with Gasteiger partial charge in [0.1, 0.15) is 11.9 Å². The van der Waals surface area contributed by atoms with E-state index in [-0.39, 0.29) is 5.82 Å². The standard InChI is InChI=1S/C14H10ClFN2/c1-18(12-6-3-11(16)4-7-12)13-5-2-10(9-17)14(15)8-13/h2-8H,1H3. The van der Waals surface area contributed by atoms with Crippen LogP contribution in [0.5, 0.6) is 0 Å². The molecule has 0 unspecified atom stereocenters. The first-order valence-corrected chi connectivity index (χ1v) is 5.68. The first kappa shape index (κ1) is 12.4. The van der Waals surface area contributed by atoms with Gasteiger partial charge in [0.25, 0.3) is 0 Å². The number of anilines is 2. The summed E-state index contributed by atoms with van der Waals surface area (Å²) in [5, 5.41) is 9.21. The van der Waals surface area contributed by atoms with E-state index in [1.807, 2.05) is 18.0 Å². The minimum Gasteiger partial charge on any atom is -0.345 e. The Bertz CT molecular complexity index is 602. The van der Waals surface area contributed by atoms with Crippen molar-refractivity contribution in [2.45, 2.75) is 0 Å². The fourth-order valence-corrected chi connectivity index (χ4v) is 1.83. The maximum Gasteiger partial charge on any atom is 0.123 e. The van der Waals surface area contributed by atoms with Crippen LogP contribution in [-0.2, 0) is 0 Å². The molecule has 2 nitrogen and oxygen atoms in total. The van der Waals surface area contributed by atoms with Gasteiger partial charge < -0.3 is 4.90 Å². The molecule has 0 heterocycles. The first-order chi connectivity index (χ1) is 8.61. The molecule has 0 aliphatic rings. The fourth-order valence-electron chi connectivity index (χ4n) is 1.62. The van der Waals surface area contributed by atoms with E-state index in [1.165, 1.54) is 12.1 Å². The van der Waals surface area contributed by atoms with Gasteiger partial charge in [-0.25, -0.2) is 4.39 Å². The van der Waals surface area contributed by atoms with Gasteiger partial charge in [-0.3, -0.25) is 0 Å². The lowest BCUT2D eigenvalue weighted by molar-refractivity contribution is 0.628. The minimum atomic E-state index is -0.273. The van der Waals surface area contributed by atoms with Crippen LogP contribution in [0, 0.1) is 17.1 Å². The van der Waals surface area contributed by atoms with E-state index in [0.717, 1.165) is 11.4 Å². The molecule has 2 aromatic carbocycles. The van der Waals surface area contributed by atoms with E-state index < -0.39 is 0 Å². The van der Waals surface area contributed by atoms with E-state index in [2.05, 4.69) is 0 Å². The highest BCUT2D eigenvalue weighted by Crippen LogP contribution is 2.27. The van der Waals surface area contributed by atoms with Crippen molar-refractivity contribution in [2.24, 2.45) is 0 Å². The number of benzene rings is 2. The van der Waals surface area contributed by atoms with E-state index in [0.29, 0.717) is 10.6 Å². The lowest BCUT2D eigenvalue weighted by Crippen LogP contribution is -2.09. The average molecular weight is 261 g/mol. The van der Waals surface area contributed by atoms with E-state index in [9.17, 15) is 4.39 Å². The maximum absolute atomic E-state index is 12.8. The molecule has 0 saturated heterocycles. The fraction of sp³-hybridized carbons (Fsp3) is 0.0714. The van der Waals surface area contributed by atoms with Gasteiger partial charge in [0.05, 0.1) is 10.6 Å². The van der Waals surface area contributed by atoms with Gasteiger partial charge in [0, 0.05) is 18.4 Å². The highest BCUT2D eigenvalue weighted by atomic mass is 35.5. The predicted molar refractivity (Wildman–Crippen MR) is 70.6 cm³/mol. The van der Waals surface area contributed by atoms with Gasteiger partial charge in [-0.2, -0.15) is 5.26 Å². The molecule has 2 rings (SSSR count). The molecular weight excluding hydrogens is 251 g/mol. The number of halogens is 2. The Balaban J connectivity index is 2.34. The molecule has 90 valence electrons. The summed E-state index contributed by atoms with van der Waals surface area (Å²) in [6.07, 6.45) is 0. The number of hydrogen-bond donors (Lipinski definition) is 0. The largest absolute Gasteiger partial charge is 0.345 e. The summed E-state index contributed by atoms with van der Waals surface area (Å²) in [7, 11) is 1.85. The number of nitrogens with zero attached hydrogens (tertiary/aromatic N) is 2. The summed E-state index contributed by atoms with van der Waals surface area (Å²) in [4.78, 5) is 1.87. The monoisotopic (exact) mass is 260 g/mol. The normalized spacial score (nSPS) is 9.89. The van der Waals surface area contributed by atoms with Crippen molar-refractivity contribution in [1.82, 2.24) is 0 Å². The van der Waals surface area contributed by atoms with Crippen LogP contribution in [0.1, 0.15) is 5.56 Å². The second-order valence-electron chi connectivity index (χ2n) is 3.81. The quantitative estimate of drug-likeness (QED) is 0.812. The zero-order valence-electron chi connectivity index (χ0n) is 9.69. The van der Waals surface area contributed by atoms with Crippen LogP contribution < -0.4 is 4.90 Å². The molecule has 0 aromatic heterocycles.